The molecule has 0 aliphatic carbocycles. The van der Waals surface area contributed by atoms with Crippen LogP contribution in [0.4, 0.5) is 0 Å². The molecule has 0 radical (unpaired) electrons. The molecule has 0 aromatic rings. The summed E-state index contributed by atoms with van der Waals surface area (Å²) in [6, 6.07) is 0. The van der Waals surface area contributed by atoms with E-state index in [0.717, 1.165) is 0 Å². The average molecular weight is 162 g/mol. The van der Waals surface area contributed by atoms with Crippen molar-refractivity contribution >= 4 is 11.9 Å². The fraction of sp³-hybridized carbons (Fsp3) is 0.667. The molecule has 0 aliphatic heterocycles. The number of carbonyl (C=O) groups excluding carboxylic acids is 2. The molecule has 0 unspecified atom stereocenters. The molecule has 0 atom stereocenters. The van der Waals surface area contributed by atoms with Crippen molar-refractivity contribution in [3.05, 3.63) is 0 Å². The molecule has 0 aromatic heterocycles. The first-order valence-corrected chi connectivity index (χ1v) is 3.12. The first-order valence-electron chi connectivity index (χ1n) is 3.12. The Bertz CT molecular complexity index is 126. The first-order chi connectivity index (χ1) is 5.20. The van der Waals surface area contributed by atoms with Crippen molar-refractivity contribution in [1.82, 2.24) is 0 Å². The Morgan fingerprint density at radius 3 is 2.27 bits per heavy atom. The number of esters is 2. The van der Waals surface area contributed by atoms with Crippen LogP contribution >= 0.6 is 0 Å². The number of carbonyl (C=O) groups is 2. The lowest BCUT2D eigenvalue weighted by Gasteiger charge is -2.00. The largest absolute Gasteiger partial charge is 0.466 e. The molecular weight excluding hydrogens is 152 g/mol. The summed E-state index contributed by atoms with van der Waals surface area (Å²) >= 11 is 0. The highest BCUT2D eigenvalue weighted by Crippen LogP contribution is 1.89. The second-order valence-electron chi connectivity index (χ2n) is 1.63. The molecule has 0 amide bonds. The number of aliphatic hydroxyl groups excluding tert-OH is 1. The van der Waals surface area contributed by atoms with Gasteiger partial charge in [-0.3, -0.25) is 9.59 Å². The predicted octanol–water partition coefficient (Wildman–Crippen LogP) is -0.567. The van der Waals surface area contributed by atoms with Crippen LogP contribution in [0.1, 0.15) is 13.3 Å². The number of aliphatic hydroxyl groups is 1. The first kappa shape index (κ1) is 9.90. The van der Waals surface area contributed by atoms with E-state index in [4.69, 9.17) is 5.11 Å². The third kappa shape index (κ3) is 5.35. The summed E-state index contributed by atoms with van der Waals surface area (Å²) in [5, 5.41) is 8.08. The standard InChI is InChI=1S/C6H10O5/c1-2-10-5(8)3-6(9)11-4-7/h7H,2-4H2,1H3. The molecule has 0 rings (SSSR count). The van der Waals surface area contributed by atoms with Crippen LogP contribution in [0.2, 0.25) is 0 Å². The van der Waals surface area contributed by atoms with Crippen molar-refractivity contribution < 1.29 is 24.2 Å². The van der Waals surface area contributed by atoms with E-state index in [1.165, 1.54) is 0 Å². The van der Waals surface area contributed by atoms with E-state index in [-0.39, 0.29) is 6.61 Å². The van der Waals surface area contributed by atoms with Gasteiger partial charge < -0.3 is 14.6 Å². The minimum Gasteiger partial charge on any atom is -0.466 e. The van der Waals surface area contributed by atoms with Gasteiger partial charge >= 0.3 is 11.9 Å². The number of hydrogen-bond donors (Lipinski definition) is 1. The predicted molar refractivity (Wildman–Crippen MR) is 34.4 cm³/mol. The Morgan fingerprint density at radius 1 is 1.27 bits per heavy atom. The highest BCUT2D eigenvalue weighted by atomic mass is 16.6. The molecule has 0 heterocycles. The molecule has 0 fully saturated rings. The van der Waals surface area contributed by atoms with Crippen LogP contribution in [0, 0.1) is 0 Å². The van der Waals surface area contributed by atoms with Crippen molar-refractivity contribution in [2.75, 3.05) is 13.4 Å². The molecule has 0 bridgehead atoms. The highest BCUT2D eigenvalue weighted by Gasteiger charge is 2.10. The van der Waals surface area contributed by atoms with Gasteiger partial charge in [-0.2, -0.15) is 0 Å². The Kier molecular flexibility index (Phi) is 5.10. The smallest absolute Gasteiger partial charge is 0.319 e. The quantitative estimate of drug-likeness (QED) is 0.340. The summed E-state index contributed by atoms with van der Waals surface area (Å²) in [6.07, 6.45) is -0.450. The van der Waals surface area contributed by atoms with Gasteiger partial charge in [0.15, 0.2) is 6.79 Å². The van der Waals surface area contributed by atoms with E-state index < -0.39 is 25.2 Å². The lowest BCUT2D eigenvalue weighted by molar-refractivity contribution is -0.159. The molecular formula is C6H10O5. The van der Waals surface area contributed by atoms with Gasteiger partial charge in [0.25, 0.3) is 0 Å². The van der Waals surface area contributed by atoms with E-state index in [1.54, 1.807) is 6.92 Å². The van der Waals surface area contributed by atoms with Gasteiger partial charge in [0.1, 0.15) is 6.42 Å². The van der Waals surface area contributed by atoms with Crippen molar-refractivity contribution in [2.45, 2.75) is 13.3 Å². The van der Waals surface area contributed by atoms with Crippen LogP contribution in [-0.4, -0.2) is 30.4 Å². The van der Waals surface area contributed by atoms with Crippen molar-refractivity contribution in [2.24, 2.45) is 0 Å². The van der Waals surface area contributed by atoms with Crippen LogP contribution in [0.25, 0.3) is 0 Å². The van der Waals surface area contributed by atoms with Crippen molar-refractivity contribution in [3.63, 3.8) is 0 Å². The van der Waals surface area contributed by atoms with Crippen LogP contribution in [-0.2, 0) is 19.1 Å². The minimum absolute atomic E-state index is 0.227. The van der Waals surface area contributed by atoms with Gasteiger partial charge in [0.05, 0.1) is 6.61 Å². The molecule has 0 saturated carbocycles. The van der Waals surface area contributed by atoms with Crippen molar-refractivity contribution in [3.8, 4) is 0 Å². The molecule has 0 saturated heterocycles. The van der Waals surface area contributed by atoms with Gasteiger partial charge in [-0.05, 0) is 6.92 Å². The maximum atomic E-state index is 10.5. The van der Waals surface area contributed by atoms with Gasteiger partial charge in [-0.25, -0.2) is 0 Å². The van der Waals surface area contributed by atoms with E-state index in [9.17, 15) is 9.59 Å². The van der Waals surface area contributed by atoms with E-state index in [2.05, 4.69) is 9.47 Å². The van der Waals surface area contributed by atoms with E-state index in [1.807, 2.05) is 0 Å². The molecule has 0 aromatic carbocycles. The molecule has 0 spiro atoms. The van der Waals surface area contributed by atoms with E-state index >= 15 is 0 Å². The maximum absolute atomic E-state index is 10.5. The number of hydrogen-bond acceptors (Lipinski definition) is 5. The summed E-state index contributed by atoms with van der Waals surface area (Å²) in [7, 11) is 0. The molecule has 64 valence electrons. The van der Waals surface area contributed by atoms with Gasteiger partial charge in [-0.15, -0.1) is 0 Å². The van der Waals surface area contributed by atoms with Crippen LogP contribution < -0.4 is 0 Å². The topological polar surface area (TPSA) is 72.8 Å². The zero-order valence-electron chi connectivity index (χ0n) is 6.20. The zero-order chi connectivity index (χ0) is 8.69. The van der Waals surface area contributed by atoms with E-state index in [0.29, 0.717) is 0 Å². The Morgan fingerprint density at radius 2 is 1.82 bits per heavy atom. The third-order valence-electron chi connectivity index (χ3n) is 0.820. The highest BCUT2D eigenvalue weighted by molar-refractivity contribution is 5.91. The van der Waals surface area contributed by atoms with Crippen LogP contribution in [0.3, 0.4) is 0 Å². The van der Waals surface area contributed by atoms with Crippen molar-refractivity contribution in [1.29, 1.82) is 0 Å². The van der Waals surface area contributed by atoms with Gasteiger partial charge in [-0.1, -0.05) is 0 Å². The summed E-state index contributed by atoms with van der Waals surface area (Å²) in [5.41, 5.74) is 0. The van der Waals surface area contributed by atoms with Crippen LogP contribution in [0.5, 0.6) is 0 Å². The third-order valence-corrected chi connectivity index (χ3v) is 0.820. The van der Waals surface area contributed by atoms with Gasteiger partial charge in [0.2, 0.25) is 0 Å². The average Bonchev–Trinajstić information content (AvgIpc) is 1.87. The Hall–Kier alpha value is -1.10. The second kappa shape index (κ2) is 5.67. The molecule has 11 heavy (non-hydrogen) atoms. The molecule has 1 N–H and O–H groups in total. The zero-order valence-corrected chi connectivity index (χ0v) is 6.20. The summed E-state index contributed by atoms with van der Waals surface area (Å²) < 4.78 is 8.51. The number of ether oxygens (including phenoxy) is 2. The Balaban J connectivity index is 3.49. The minimum atomic E-state index is -0.786. The fourth-order valence-electron chi connectivity index (χ4n) is 0.453. The second-order valence-corrected chi connectivity index (χ2v) is 1.63. The summed E-state index contributed by atoms with van der Waals surface area (Å²) in [6.45, 7) is 1.15. The maximum Gasteiger partial charge on any atom is 0.319 e. The van der Waals surface area contributed by atoms with Crippen LogP contribution in [0.15, 0.2) is 0 Å². The summed E-state index contributed by atoms with van der Waals surface area (Å²) in [4.78, 5) is 21.0. The Labute approximate surface area is 63.9 Å². The normalized spacial score (nSPS) is 8.91. The fourth-order valence-corrected chi connectivity index (χ4v) is 0.453. The monoisotopic (exact) mass is 162 g/mol. The lowest BCUT2D eigenvalue weighted by atomic mass is 10.4. The molecule has 5 nitrogen and oxygen atoms in total. The number of rotatable bonds is 4. The SMILES string of the molecule is CCOC(=O)CC(=O)OCO. The summed E-state index contributed by atoms with van der Waals surface area (Å²) in [5.74, 6) is -1.43. The van der Waals surface area contributed by atoms with Gasteiger partial charge in [0, 0.05) is 0 Å². The lowest BCUT2D eigenvalue weighted by Crippen LogP contribution is -2.13. The molecule has 0 aliphatic rings. The molecule has 5 heteroatoms.